The van der Waals surface area contributed by atoms with Gasteiger partial charge in [0, 0.05) is 7.05 Å². The highest BCUT2D eigenvalue weighted by Gasteiger charge is 2.28. The van der Waals surface area contributed by atoms with Crippen molar-refractivity contribution in [2.75, 3.05) is 25.7 Å². The van der Waals surface area contributed by atoms with Crippen LogP contribution >= 0.6 is 11.8 Å². The molecule has 0 aromatic heterocycles. The van der Waals surface area contributed by atoms with Crippen LogP contribution in [-0.2, 0) is 24.3 Å². The molecule has 1 aromatic carbocycles. The van der Waals surface area contributed by atoms with Crippen molar-refractivity contribution in [1.82, 2.24) is 10.0 Å². The number of ether oxygens (including phenoxy) is 1. The Balaban J connectivity index is 2.97. The predicted octanol–water partition coefficient (Wildman–Crippen LogP) is 0.993. The van der Waals surface area contributed by atoms with Crippen LogP contribution < -0.4 is 10.0 Å². The molecule has 0 unspecified atom stereocenters. The van der Waals surface area contributed by atoms with Gasteiger partial charge in [-0.3, -0.25) is 9.59 Å². The molecule has 0 heterocycles. The van der Waals surface area contributed by atoms with Gasteiger partial charge in [-0.25, -0.2) is 8.42 Å². The fraction of sp³-hybridized carbons (Fsp3) is 0.500. The van der Waals surface area contributed by atoms with E-state index in [2.05, 4.69) is 10.0 Å². The zero-order valence-electron chi connectivity index (χ0n) is 14.8. The Morgan fingerprint density at radius 1 is 1.28 bits per heavy atom. The molecule has 1 amide bonds. The van der Waals surface area contributed by atoms with Crippen molar-refractivity contribution < 1.29 is 22.7 Å². The SMILES string of the molecule is CNC(=O)COC(=O)[C@@H](CCSC)NS(=O)(=O)c1cc(C)ccc1C. The Bertz CT molecular complexity index is 719. The van der Waals surface area contributed by atoms with Crippen molar-refractivity contribution in [1.29, 1.82) is 0 Å². The molecule has 0 aliphatic rings. The van der Waals surface area contributed by atoms with Gasteiger partial charge in [0.05, 0.1) is 4.90 Å². The Kier molecular flexibility index (Phi) is 8.40. The molecule has 0 aliphatic carbocycles. The van der Waals surface area contributed by atoms with E-state index >= 15 is 0 Å². The summed E-state index contributed by atoms with van der Waals surface area (Å²) in [6.45, 7) is 3.03. The Labute approximate surface area is 153 Å². The summed E-state index contributed by atoms with van der Waals surface area (Å²) in [5, 5.41) is 2.33. The van der Waals surface area contributed by atoms with E-state index < -0.39 is 34.5 Å². The Hall–Kier alpha value is -1.58. The summed E-state index contributed by atoms with van der Waals surface area (Å²) in [6.07, 6.45) is 2.12. The maximum Gasteiger partial charge on any atom is 0.324 e. The number of amides is 1. The van der Waals surface area contributed by atoms with Crippen LogP contribution in [0.15, 0.2) is 23.1 Å². The molecular formula is C16H24N2O5S2. The molecule has 1 rings (SSSR count). The summed E-state index contributed by atoms with van der Waals surface area (Å²) in [5.74, 6) is -0.671. The fourth-order valence-corrected chi connectivity index (χ4v) is 4.04. The number of nitrogens with one attached hydrogen (secondary N) is 2. The molecule has 0 aliphatic heterocycles. The van der Waals surface area contributed by atoms with Crippen LogP contribution in [-0.4, -0.2) is 52.0 Å². The van der Waals surface area contributed by atoms with Crippen LogP contribution in [0.25, 0.3) is 0 Å². The van der Waals surface area contributed by atoms with Crippen molar-refractivity contribution >= 4 is 33.7 Å². The van der Waals surface area contributed by atoms with Crippen molar-refractivity contribution in [3.05, 3.63) is 29.3 Å². The first-order valence-corrected chi connectivity index (χ1v) is 10.5. The van der Waals surface area contributed by atoms with E-state index in [9.17, 15) is 18.0 Å². The summed E-state index contributed by atoms with van der Waals surface area (Å²) in [5.41, 5.74) is 1.38. The zero-order chi connectivity index (χ0) is 19.0. The van der Waals surface area contributed by atoms with Crippen molar-refractivity contribution in [2.45, 2.75) is 31.2 Å². The summed E-state index contributed by atoms with van der Waals surface area (Å²) >= 11 is 1.48. The van der Waals surface area contributed by atoms with Crippen LogP contribution in [0, 0.1) is 13.8 Å². The first kappa shape index (κ1) is 21.5. The van der Waals surface area contributed by atoms with Crippen LogP contribution in [0.4, 0.5) is 0 Å². The lowest BCUT2D eigenvalue weighted by Gasteiger charge is -2.18. The minimum Gasteiger partial charge on any atom is -0.454 e. The molecule has 0 bridgehead atoms. The highest BCUT2D eigenvalue weighted by Crippen LogP contribution is 2.18. The third-order valence-corrected chi connectivity index (χ3v) is 5.71. The molecule has 1 aromatic rings. The van der Waals surface area contributed by atoms with E-state index in [-0.39, 0.29) is 11.3 Å². The maximum atomic E-state index is 12.7. The molecule has 0 fully saturated rings. The lowest BCUT2D eigenvalue weighted by atomic mass is 10.2. The Morgan fingerprint density at radius 3 is 2.56 bits per heavy atom. The van der Waals surface area contributed by atoms with Crippen LogP contribution in [0.2, 0.25) is 0 Å². The average molecular weight is 389 g/mol. The van der Waals surface area contributed by atoms with Gasteiger partial charge in [0.2, 0.25) is 10.0 Å². The monoisotopic (exact) mass is 388 g/mol. The summed E-state index contributed by atoms with van der Waals surface area (Å²) < 4.78 is 32.7. The van der Waals surface area contributed by atoms with Gasteiger partial charge < -0.3 is 10.1 Å². The molecule has 9 heteroatoms. The third kappa shape index (κ3) is 6.68. The van der Waals surface area contributed by atoms with E-state index in [0.29, 0.717) is 11.3 Å². The largest absolute Gasteiger partial charge is 0.454 e. The van der Waals surface area contributed by atoms with E-state index in [0.717, 1.165) is 5.56 Å². The first-order chi connectivity index (χ1) is 11.7. The van der Waals surface area contributed by atoms with Crippen LogP contribution in [0.5, 0.6) is 0 Å². The van der Waals surface area contributed by atoms with Crippen LogP contribution in [0.3, 0.4) is 0 Å². The highest BCUT2D eigenvalue weighted by atomic mass is 32.2. The Morgan fingerprint density at radius 2 is 1.96 bits per heavy atom. The van der Waals surface area contributed by atoms with Gasteiger partial charge in [-0.05, 0) is 49.5 Å². The van der Waals surface area contributed by atoms with E-state index in [1.165, 1.54) is 18.8 Å². The summed E-state index contributed by atoms with van der Waals surface area (Å²) in [4.78, 5) is 23.5. The number of aryl methyl sites for hydroxylation is 2. The molecule has 25 heavy (non-hydrogen) atoms. The van der Waals surface area contributed by atoms with Gasteiger partial charge in [0.1, 0.15) is 6.04 Å². The molecule has 2 N–H and O–H groups in total. The second-order valence-corrected chi connectivity index (χ2v) is 8.17. The number of thioether (sulfide) groups is 1. The van der Waals surface area contributed by atoms with Crippen molar-refractivity contribution in [3.63, 3.8) is 0 Å². The van der Waals surface area contributed by atoms with E-state index in [4.69, 9.17) is 4.74 Å². The minimum atomic E-state index is -3.89. The van der Waals surface area contributed by atoms with E-state index in [1.807, 2.05) is 12.3 Å². The van der Waals surface area contributed by atoms with E-state index in [1.54, 1.807) is 26.0 Å². The number of sulfonamides is 1. The average Bonchev–Trinajstić information content (AvgIpc) is 2.57. The highest BCUT2D eigenvalue weighted by molar-refractivity contribution is 7.98. The first-order valence-electron chi connectivity index (χ1n) is 7.67. The lowest BCUT2D eigenvalue weighted by molar-refractivity contribution is -0.150. The summed E-state index contributed by atoms with van der Waals surface area (Å²) in [7, 11) is -2.47. The van der Waals surface area contributed by atoms with Gasteiger partial charge in [-0.2, -0.15) is 16.5 Å². The fourth-order valence-electron chi connectivity index (χ4n) is 2.02. The van der Waals surface area contributed by atoms with Gasteiger partial charge >= 0.3 is 5.97 Å². The zero-order valence-corrected chi connectivity index (χ0v) is 16.4. The molecule has 0 saturated carbocycles. The summed E-state index contributed by atoms with van der Waals surface area (Å²) in [6, 6.07) is 4.03. The number of carbonyl (C=O) groups excluding carboxylic acids is 2. The van der Waals surface area contributed by atoms with Gasteiger partial charge in [-0.1, -0.05) is 12.1 Å². The normalized spacial score (nSPS) is 12.5. The smallest absolute Gasteiger partial charge is 0.324 e. The molecule has 0 saturated heterocycles. The second-order valence-electron chi connectivity index (χ2n) is 5.51. The maximum absolute atomic E-state index is 12.7. The molecular weight excluding hydrogens is 364 g/mol. The van der Waals surface area contributed by atoms with Crippen molar-refractivity contribution in [3.8, 4) is 0 Å². The second kappa shape index (κ2) is 9.79. The number of benzene rings is 1. The predicted molar refractivity (Wildman–Crippen MR) is 98.1 cm³/mol. The number of hydrogen-bond donors (Lipinski definition) is 2. The van der Waals surface area contributed by atoms with Gasteiger partial charge in [0.15, 0.2) is 6.61 Å². The molecule has 7 nitrogen and oxygen atoms in total. The minimum absolute atomic E-state index is 0.126. The van der Waals surface area contributed by atoms with Gasteiger partial charge in [0.25, 0.3) is 5.91 Å². The molecule has 140 valence electrons. The topological polar surface area (TPSA) is 102 Å². The number of carbonyl (C=O) groups is 2. The number of likely N-dealkylation sites (N-methyl/N-ethyl adjacent to an activating group) is 1. The number of hydrogen-bond acceptors (Lipinski definition) is 6. The van der Waals surface area contributed by atoms with Crippen LogP contribution in [0.1, 0.15) is 17.5 Å². The van der Waals surface area contributed by atoms with Crippen molar-refractivity contribution in [2.24, 2.45) is 0 Å². The quantitative estimate of drug-likeness (QED) is 0.612. The third-order valence-electron chi connectivity index (χ3n) is 3.45. The molecule has 0 spiro atoms. The number of rotatable bonds is 9. The molecule has 1 atom stereocenters. The molecule has 0 radical (unpaired) electrons. The number of esters is 1. The lowest BCUT2D eigenvalue weighted by Crippen LogP contribution is -2.43. The standard InChI is InChI=1S/C16H24N2O5S2/c1-11-5-6-12(2)14(9-11)25(21,22)18-13(7-8-24-4)16(20)23-10-15(19)17-3/h5-6,9,13,18H,7-8,10H2,1-4H3,(H,17,19)/t13-/m1/s1. The van der Waals surface area contributed by atoms with Gasteiger partial charge in [-0.15, -0.1) is 0 Å².